The molecule has 0 spiro atoms. The fraction of sp³-hybridized carbons (Fsp3) is 0.400. The van der Waals surface area contributed by atoms with Gasteiger partial charge in [-0.2, -0.15) is 0 Å². The molecule has 0 fully saturated rings. The maximum Gasteiger partial charge on any atom is 0.187 e. The molecular formula is C15H18N2OS2. The smallest absolute Gasteiger partial charge is 0.187 e. The Morgan fingerprint density at radius 2 is 1.95 bits per heavy atom. The molecule has 20 heavy (non-hydrogen) atoms. The Labute approximate surface area is 127 Å². The Bertz CT molecular complexity index is 571. The first-order valence-corrected chi connectivity index (χ1v) is 8.46. The Morgan fingerprint density at radius 3 is 2.55 bits per heavy atom. The third kappa shape index (κ3) is 3.90. The van der Waals surface area contributed by atoms with Gasteiger partial charge in [0.25, 0.3) is 0 Å². The summed E-state index contributed by atoms with van der Waals surface area (Å²) in [5, 5.41) is 2.75. The Kier molecular flexibility index (Phi) is 5.31. The van der Waals surface area contributed by atoms with Crippen LogP contribution in [0.1, 0.15) is 39.5 Å². The van der Waals surface area contributed by atoms with Crippen molar-refractivity contribution in [1.82, 2.24) is 9.97 Å². The first kappa shape index (κ1) is 15.2. The van der Waals surface area contributed by atoms with Crippen LogP contribution in [0, 0.1) is 20.8 Å². The molecule has 0 N–H and O–H groups in total. The number of thiophene rings is 1. The van der Waals surface area contributed by atoms with Gasteiger partial charge in [0.05, 0.1) is 4.88 Å². The molecule has 0 saturated heterocycles. The molecule has 106 valence electrons. The second-order valence-corrected chi connectivity index (χ2v) is 6.66. The van der Waals surface area contributed by atoms with Crippen LogP contribution in [0.5, 0.6) is 0 Å². The summed E-state index contributed by atoms with van der Waals surface area (Å²) in [6.45, 7) is 6.06. The van der Waals surface area contributed by atoms with Crippen molar-refractivity contribution >= 4 is 28.9 Å². The van der Waals surface area contributed by atoms with Crippen molar-refractivity contribution in [2.75, 3.05) is 5.75 Å². The van der Waals surface area contributed by atoms with E-state index in [9.17, 15) is 4.79 Å². The fourth-order valence-electron chi connectivity index (χ4n) is 1.76. The highest BCUT2D eigenvalue weighted by molar-refractivity contribution is 7.99. The summed E-state index contributed by atoms with van der Waals surface area (Å²) < 4.78 is 0. The predicted octanol–water partition coefficient (Wildman–Crippen LogP) is 4.22. The van der Waals surface area contributed by atoms with Crippen molar-refractivity contribution in [3.05, 3.63) is 39.3 Å². The van der Waals surface area contributed by atoms with Gasteiger partial charge >= 0.3 is 0 Å². The van der Waals surface area contributed by atoms with E-state index in [0.29, 0.717) is 6.42 Å². The summed E-state index contributed by atoms with van der Waals surface area (Å²) in [6.07, 6.45) is 1.45. The average Bonchev–Trinajstić information content (AvgIpc) is 2.94. The molecule has 0 radical (unpaired) electrons. The number of nitrogens with zero attached hydrogens (tertiary/aromatic N) is 2. The lowest BCUT2D eigenvalue weighted by atomic mass is 10.2. The zero-order chi connectivity index (χ0) is 14.5. The van der Waals surface area contributed by atoms with Crippen molar-refractivity contribution in [2.45, 2.75) is 38.8 Å². The van der Waals surface area contributed by atoms with Crippen LogP contribution in [0.15, 0.2) is 22.7 Å². The first-order chi connectivity index (χ1) is 9.58. The maximum atomic E-state index is 11.8. The number of carbonyl (C=O) groups is 1. The van der Waals surface area contributed by atoms with Crippen LogP contribution in [0.4, 0.5) is 0 Å². The number of aromatic nitrogens is 2. The van der Waals surface area contributed by atoms with E-state index in [1.54, 1.807) is 11.8 Å². The van der Waals surface area contributed by atoms with E-state index in [4.69, 9.17) is 0 Å². The lowest BCUT2D eigenvalue weighted by Gasteiger charge is -2.06. The largest absolute Gasteiger partial charge is 0.293 e. The van der Waals surface area contributed by atoms with Crippen LogP contribution >= 0.6 is 23.1 Å². The van der Waals surface area contributed by atoms with Crippen LogP contribution in [-0.4, -0.2) is 21.5 Å². The molecule has 0 saturated carbocycles. The molecule has 0 aliphatic carbocycles. The summed E-state index contributed by atoms with van der Waals surface area (Å²) in [4.78, 5) is 21.6. The van der Waals surface area contributed by atoms with E-state index < -0.39 is 0 Å². The van der Waals surface area contributed by atoms with Gasteiger partial charge in [0.15, 0.2) is 10.9 Å². The number of carbonyl (C=O) groups excluding carboxylic acids is 1. The normalized spacial score (nSPS) is 10.8. The van der Waals surface area contributed by atoms with Gasteiger partial charge in [-0.15, -0.1) is 11.3 Å². The molecule has 2 aromatic rings. The number of hydrogen-bond acceptors (Lipinski definition) is 5. The van der Waals surface area contributed by atoms with E-state index in [0.717, 1.165) is 39.2 Å². The number of hydrogen-bond donors (Lipinski definition) is 0. The Hall–Kier alpha value is -1.20. The molecule has 0 aliphatic rings. The minimum absolute atomic E-state index is 0.234. The fourth-order valence-corrected chi connectivity index (χ4v) is 3.33. The highest BCUT2D eigenvalue weighted by Gasteiger charge is 2.08. The Morgan fingerprint density at radius 1 is 1.25 bits per heavy atom. The standard InChI is InChI=1S/C15H18N2OS2/c1-10-11(2)16-15(17-12(10)3)20-9-4-6-13(18)14-7-5-8-19-14/h5,7-8H,4,6,9H2,1-3H3. The minimum atomic E-state index is 0.234. The van der Waals surface area contributed by atoms with Crippen molar-refractivity contribution in [1.29, 1.82) is 0 Å². The summed E-state index contributed by atoms with van der Waals surface area (Å²) >= 11 is 3.14. The van der Waals surface area contributed by atoms with Crippen LogP contribution in [0.3, 0.4) is 0 Å². The third-order valence-electron chi connectivity index (χ3n) is 3.19. The molecule has 0 aromatic carbocycles. The van der Waals surface area contributed by atoms with Crippen LogP contribution in [0.2, 0.25) is 0 Å². The second kappa shape index (κ2) is 6.99. The molecule has 2 heterocycles. The van der Waals surface area contributed by atoms with Crippen molar-refractivity contribution in [3.63, 3.8) is 0 Å². The van der Waals surface area contributed by atoms with Crippen LogP contribution in [-0.2, 0) is 0 Å². The number of aryl methyl sites for hydroxylation is 2. The van der Waals surface area contributed by atoms with Gasteiger partial charge in [-0.1, -0.05) is 17.8 Å². The van der Waals surface area contributed by atoms with Gasteiger partial charge in [-0.05, 0) is 44.2 Å². The third-order valence-corrected chi connectivity index (χ3v) is 5.03. The van der Waals surface area contributed by atoms with E-state index >= 15 is 0 Å². The molecule has 0 bridgehead atoms. The molecule has 0 amide bonds. The summed E-state index contributed by atoms with van der Waals surface area (Å²) in [6, 6.07) is 3.80. The summed E-state index contributed by atoms with van der Waals surface area (Å²) in [5.74, 6) is 1.11. The van der Waals surface area contributed by atoms with E-state index in [1.807, 2.05) is 38.3 Å². The number of Topliss-reactive ketones (excluding diaryl/α,β-unsaturated/α-hetero) is 1. The van der Waals surface area contributed by atoms with Gasteiger partial charge in [0, 0.05) is 23.6 Å². The second-order valence-electron chi connectivity index (χ2n) is 4.65. The van der Waals surface area contributed by atoms with Crippen molar-refractivity contribution in [3.8, 4) is 0 Å². The van der Waals surface area contributed by atoms with Crippen LogP contribution < -0.4 is 0 Å². The average molecular weight is 306 g/mol. The molecule has 0 unspecified atom stereocenters. The zero-order valence-corrected chi connectivity index (χ0v) is 13.6. The molecule has 2 rings (SSSR count). The van der Waals surface area contributed by atoms with Crippen molar-refractivity contribution in [2.24, 2.45) is 0 Å². The van der Waals surface area contributed by atoms with Gasteiger partial charge in [0.1, 0.15) is 0 Å². The summed E-state index contributed by atoms with van der Waals surface area (Å²) in [7, 11) is 0. The van der Waals surface area contributed by atoms with Gasteiger partial charge in [0.2, 0.25) is 0 Å². The Balaban J connectivity index is 1.80. The highest BCUT2D eigenvalue weighted by atomic mass is 32.2. The van der Waals surface area contributed by atoms with Gasteiger partial charge in [-0.25, -0.2) is 9.97 Å². The zero-order valence-electron chi connectivity index (χ0n) is 12.0. The lowest BCUT2D eigenvalue weighted by molar-refractivity contribution is 0.0986. The number of ketones is 1. The SMILES string of the molecule is Cc1nc(SCCCC(=O)c2cccs2)nc(C)c1C. The predicted molar refractivity (Wildman–Crippen MR) is 84.9 cm³/mol. The number of rotatable bonds is 6. The van der Waals surface area contributed by atoms with Gasteiger partial charge in [-0.3, -0.25) is 4.79 Å². The van der Waals surface area contributed by atoms with E-state index in [2.05, 4.69) is 9.97 Å². The van der Waals surface area contributed by atoms with Crippen molar-refractivity contribution < 1.29 is 4.79 Å². The minimum Gasteiger partial charge on any atom is -0.293 e. The molecule has 0 aliphatic heterocycles. The van der Waals surface area contributed by atoms with E-state index in [-0.39, 0.29) is 5.78 Å². The molecule has 3 nitrogen and oxygen atoms in total. The maximum absolute atomic E-state index is 11.8. The lowest BCUT2D eigenvalue weighted by Crippen LogP contribution is -2.00. The van der Waals surface area contributed by atoms with Gasteiger partial charge < -0.3 is 0 Å². The summed E-state index contributed by atoms with van der Waals surface area (Å²) in [5.41, 5.74) is 3.23. The van der Waals surface area contributed by atoms with Crippen LogP contribution in [0.25, 0.3) is 0 Å². The molecule has 5 heteroatoms. The highest BCUT2D eigenvalue weighted by Crippen LogP contribution is 2.19. The monoisotopic (exact) mass is 306 g/mol. The first-order valence-electron chi connectivity index (χ1n) is 6.59. The quantitative estimate of drug-likeness (QED) is 0.347. The topological polar surface area (TPSA) is 42.9 Å². The molecule has 2 aromatic heterocycles. The molecule has 0 atom stereocenters. The number of thioether (sulfide) groups is 1. The van der Waals surface area contributed by atoms with E-state index in [1.165, 1.54) is 11.3 Å². The molecular weight excluding hydrogens is 288 g/mol.